The lowest BCUT2D eigenvalue weighted by Gasteiger charge is -2.29. The van der Waals surface area contributed by atoms with E-state index in [1.54, 1.807) is 6.92 Å². The number of hydrogen-bond donors (Lipinski definition) is 1. The molecule has 4 nitrogen and oxygen atoms in total. The molecule has 2 rings (SSSR count). The fourth-order valence-electron chi connectivity index (χ4n) is 1.97. The van der Waals surface area contributed by atoms with Gasteiger partial charge >= 0.3 is 6.18 Å². The van der Waals surface area contributed by atoms with Crippen LogP contribution in [-0.2, 0) is 6.18 Å². The predicted octanol–water partition coefficient (Wildman–Crippen LogP) is 2.33. The van der Waals surface area contributed by atoms with Gasteiger partial charge in [-0.2, -0.15) is 13.2 Å². The van der Waals surface area contributed by atoms with Crippen molar-refractivity contribution < 1.29 is 17.9 Å². The fraction of sp³-hybridized carbons (Fsp3) is 0.583. The number of alkyl halides is 3. The average molecular weight is 312 g/mol. The highest BCUT2D eigenvalue weighted by Crippen LogP contribution is 2.35. The van der Waals surface area contributed by atoms with Gasteiger partial charge in [0, 0.05) is 32.4 Å². The van der Waals surface area contributed by atoms with E-state index in [-0.39, 0.29) is 18.2 Å². The van der Waals surface area contributed by atoms with Crippen molar-refractivity contribution in [2.75, 3.05) is 37.7 Å². The molecule has 0 amide bonds. The van der Waals surface area contributed by atoms with Crippen molar-refractivity contribution in [3.63, 3.8) is 0 Å². The minimum absolute atomic E-state index is 0. The van der Waals surface area contributed by atoms with Gasteiger partial charge in [0.05, 0.1) is 12.2 Å². The summed E-state index contributed by atoms with van der Waals surface area (Å²) in [6, 6.07) is 1.02. The number of halogens is 4. The third-order valence-electron chi connectivity index (χ3n) is 2.88. The average Bonchev–Trinajstić information content (AvgIpc) is 2.39. The van der Waals surface area contributed by atoms with Crippen LogP contribution in [0.1, 0.15) is 12.5 Å². The Hall–Kier alpha value is -1.21. The third-order valence-corrected chi connectivity index (χ3v) is 2.88. The van der Waals surface area contributed by atoms with Crippen LogP contribution < -0.4 is 15.0 Å². The maximum atomic E-state index is 12.7. The first-order valence-electron chi connectivity index (χ1n) is 6.18. The van der Waals surface area contributed by atoms with Gasteiger partial charge in [0.2, 0.25) is 0 Å². The molecule has 2 heterocycles. The number of nitrogens with one attached hydrogen (secondary N) is 1. The van der Waals surface area contributed by atoms with Crippen molar-refractivity contribution >= 4 is 18.2 Å². The summed E-state index contributed by atoms with van der Waals surface area (Å²) in [6.45, 7) is 5.03. The van der Waals surface area contributed by atoms with Crippen LogP contribution in [-0.4, -0.2) is 37.8 Å². The van der Waals surface area contributed by atoms with E-state index in [0.717, 1.165) is 25.4 Å². The number of rotatable bonds is 3. The van der Waals surface area contributed by atoms with E-state index in [0.29, 0.717) is 25.5 Å². The van der Waals surface area contributed by atoms with Crippen LogP contribution in [0.2, 0.25) is 0 Å². The molecule has 1 N–H and O–H groups in total. The zero-order valence-corrected chi connectivity index (χ0v) is 11.9. The van der Waals surface area contributed by atoms with Gasteiger partial charge in [-0.3, -0.25) is 0 Å². The zero-order valence-electron chi connectivity index (χ0n) is 11.0. The fourth-order valence-corrected chi connectivity index (χ4v) is 1.97. The van der Waals surface area contributed by atoms with Crippen LogP contribution in [0.15, 0.2) is 12.3 Å². The molecule has 20 heavy (non-hydrogen) atoms. The second kappa shape index (κ2) is 6.99. The Morgan fingerprint density at radius 3 is 2.55 bits per heavy atom. The van der Waals surface area contributed by atoms with Gasteiger partial charge in [0.1, 0.15) is 0 Å². The first-order chi connectivity index (χ1) is 9.02. The minimum Gasteiger partial charge on any atom is -0.490 e. The number of nitrogens with zero attached hydrogens (tertiary/aromatic N) is 2. The first-order valence-corrected chi connectivity index (χ1v) is 6.18. The van der Waals surface area contributed by atoms with E-state index in [1.807, 2.05) is 4.90 Å². The van der Waals surface area contributed by atoms with Crippen molar-refractivity contribution in [1.82, 2.24) is 10.3 Å². The molecular formula is C12H17ClF3N3O. The molecule has 114 valence electrons. The van der Waals surface area contributed by atoms with E-state index in [4.69, 9.17) is 4.74 Å². The van der Waals surface area contributed by atoms with Crippen LogP contribution in [0.25, 0.3) is 0 Å². The summed E-state index contributed by atoms with van der Waals surface area (Å²) in [6.07, 6.45) is -3.54. The lowest BCUT2D eigenvalue weighted by atomic mass is 10.2. The van der Waals surface area contributed by atoms with E-state index >= 15 is 0 Å². The van der Waals surface area contributed by atoms with Crippen molar-refractivity contribution in [1.29, 1.82) is 0 Å². The van der Waals surface area contributed by atoms with Crippen LogP contribution in [0.5, 0.6) is 5.75 Å². The summed E-state index contributed by atoms with van der Waals surface area (Å²) in [7, 11) is 0. The number of anilines is 1. The highest BCUT2D eigenvalue weighted by Gasteiger charge is 2.32. The molecule has 8 heteroatoms. The first kappa shape index (κ1) is 16.8. The highest BCUT2D eigenvalue weighted by atomic mass is 35.5. The van der Waals surface area contributed by atoms with E-state index in [9.17, 15) is 13.2 Å². The molecule has 0 aliphatic carbocycles. The topological polar surface area (TPSA) is 37.4 Å². The quantitative estimate of drug-likeness (QED) is 0.930. The van der Waals surface area contributed by atoms with Crippen molar-refractivity contribution in [2.24, 2.45) is 0 Å². The van der Waals surface area contributed by atoms with Crippen LogP contribution in [0.4, 0.5) is 19.0 Å². The van der Waals surface area contributed by atoms with E-state index in [2.05, 4.69) is 10.3 Å². The van der Waals surface area contributed by atoms with Crippen LogP contribution >= 0.6 is 12.4 Å². The monoisotopic (exact) mass is 311 g/mol. The smallest absolute Gasteiger partial charge is 0.418 e. The summed E-state index contributed by atoms with van der Waals surface area (Å²) in [5.41, 5.74) is -0.783. The Morgan fingerprint density at radius 1 is 1.35 bits per heavy atom. The van der Waals surface area contributed by atoms with Gasteiger partial charge in [-0.1, -0.05) is 0 Å². The van der Waals surface area contributed by atoms with Crippen LogP contribution in [0, 0.1) is 0 Å². The van der Waals surface area contributed by atoms with E-state index in [1.165, 1.54) is 0 Å². The molecule has 1 fully saturated rings. The van der Waals surface area contributed by atoms with Gasteiger partial charge < -0.3 is 15.0 Å². The van der Waals surface area contributed by atoms with E-state index < -0.39 is 11.7 Å². The van der Waals surface area contributed by atoms with Crippen molar-refractivity contribution in [3.05, 3.63) is 17.8 Å². The number of piperazine rings is 1. The molecule has 1 aliphatic heterocycles. The van der Waals surface area contributed by atoms with Gasteiger partial charge in [-0.15, -0.1) is 12.4 Å². The maximum Gasteiger partial charge on any atom is 0.418 e. The molecule has 1 aromatic rings. The molecular weight excluding hydrogens is 295 g/mol. The Labute approximate surface area is 121 Å². The van der Waals surface area contributed by atoms with Crippen LogP contribution in [0.3, 0.4) is 0 Å². The summed E-state index contributed by atoms with van der Waals surface area (Å²) in [4.78, 5) is 5.87. The largest absolute Gasteiger partial charge is 0.490 e. The number of ether oxygens (including phenoxy) is 1. The molecule has 0 saturated carbocycles. The van der Waals surface area contributed by atoms with Gasteiger partial charge in [0.15, 0.2) is 11.6 Å². The third kappa shape index (κ3) is 3.89. The Balaban J connectivity index is 0.00000200. The SMILES string of the molecule is CCOc1cc(C(F)(F)F)cnc1N1CCNCC1.Cl. The summed E-state index contributed by atoms with van der Waals surface area (Å²) in [5, 5.41) is 3.18. The molecule has 0 unspecified atom stereocenters. The maximum absolute atomic E-state index is 12.7. The molecule has 0 atom stereocenters. The van der Waals surface area contributed by atoms with Gasteiger partial charge in [0.25, 0.3) is 0 Å². The Kier molecular flexibility index (Phi) is 5.88. The summed E-state index contributed by atoms with van der Waals surface area (Å²) < 4.78 is 43.3. The molecule has 0 spiro atoms. The second-order valence-electron chi connectivity index (χ2n) is 4.21. The predicted molar refractivity (Wildman–Crippen MR) is 72.7 cm³/mol. The molecule has 0 radical (unpaired) electrons. The Morgan fingerprint density at radius 2 is 2.00 bits per heavy atom. The number of hydrogen-bond acceptors (Lipinski definition) is 4. The second-order valence-corrected chi connectivity index (χ2v) is 4.21. The Bertz CT molecular complexity index is 436. The molecule has 0 aromatic carbocycles. The lowest BCUT2D eigenvalue weighted by Crippen LogP contribution is -2.44. The summed E-state index contributed by atoms with van der Waals surface area (Å²) in [5.74, 6) is 0.676. The lowest BCUT2D eigenvalue weighted by molar-refractivity contribution is -0.137. The van der Waals surface area contributed by atoms with Crippen molar-refractivity contribution in [2.45, 2.75) is 13.1 Å². The van der Waals surface area contributed by atoms with Crippen molar-refractivity contribution in [3.8, 4) is 5.75 Å². The molecule has 1 saturated heterocycles. The normalized spacial score (nSPS) is 15.7. The number of pyridine rings is 1. The number of aromatic nitrogens is 1. The molecule has 0 bridgehead atoms. The summed E-state index contributed by atoms with van der Waals surface area (Å²) >= 11 is 0. The highest BCUT2D eigenvalue weighted by molar-refractivity contribution is 5.85. The van der Waals surface area contributed by atoms with Gasteiger partial charge in [-0.05, 0) is 13.0 Å². The standard InChI is InChI=1S/C12H16F3N3O.ClH/c1-2-19-10-7-9(12(13,14)15)8-17-11(10)18-5-3-16-4-6-18;/h7-8,16H,2-6H2,1H3;1H. The van der Waals surface area contributed by atoms with Gasteiger partial charge in [-0.25, -0.2) is 4.98 Å². The molecule has 1 aromatic heterocycles. The minimum atomic E-state index is -4.40. The zero-order chi connectivity index (χ0) is 13.9. The molecule has 1 aliphatic rings.